The van der Waals surface area contributed by atoms with Crippen LogP contribution in [-0.2, 0) is 11.3 Å². The average Bonchev–Trinajstić information content (AvgIpc) is 3.25. The van der Waals surface area contributed by atoms with Crippen molar-refractivity contribution in [1.82, 2.24) is 14.5 Å². The van der Waals surface area contributed by atoms with Crippen molar-refractivity contribution in [3.63, 3.8) is 0 Å². The van der Waals surface area contributed by atoms with E-state index in [1.807, 2.05) is 45.4 Å². The minimum atomic E-state index is -0.268. The van der Waals surface area contributed by atoms with Gasteiger partial charge in [-0.3, -0.25) is 9.78 Å². The van der Waals surface area contributed by atoms with Crippen molar-refractivity contribution in [3.05, 3.63) is 42.0 Å². The molecule has 0 aliphatic carbocycles. The lowest BCUT2D eigenvalue weighted by Gasteiger charge is -2.29. The molecule has 0 unspecified atom stereocenters. The van der Waals surface area contributed by atoms with Gasteiger partial charge < -0.3 is 14.6 Å². The monoisotopic (exact) mass is 341 g/mol. The second-order valence-electron chi connectivity index (χ2n) is 6.13. The predicted octanol–water partition coefficient (Wildman–Crippen LogP) is 2.75. The fraction of sp³-hybridized carbons (Fsp3) is 0.333. The maximum Gasteiger partial charge on any atom is 0.242 e. The number of rotatable bonds is 3. The molecule has 3 aromatic heterocycles. The molecule has 124 valence electrons. The summed E-state index contributed by atoms with van der Waals surface area (Å²) < 4.78 is 1.99. The zero-order valence-electron chi connectivity index (χ0n) is 13.3. The summed E-state index contributed by atoms with van der Waals surface area (Å²) in [7, 11) is 0. The number of aliphatic hydroxyl groups excluding tert-OH is 1. The number of aromatic nitrogens is 2. The van der Waals surface area contributed by atoms with Crippen LogP contribution in [0.5, 0.6) is 0 Å². The standard InChI is InChI=1S/C18H19N3O2S/c22-14-5-9-20(10-6-14)16(23)12-21-8-4-13-3-7-19-17(18(13)21)15-2-1-11-24-15/h1-4,7-8,11,14,22H,5-6,9-10,12H2. The van der Waals surface area contributed by atoms with Crippen molar-refractivity contribution in [1.29, 1.82) is 0 Å². The number of carbonyl (C=O) groups is 1. The van der Waals surface area contributed by atoms with Gasteiger partial charge in [0.15, 0.2) is 0 Å². The summed E-state index contributed by atoms with van der Waals surface area (Å²) in [6, 6.07) is 8.07. The first kappa shape index (κ1) is 15.4. The number of thiophene rings is 1. The number of carbonyl (C=O) groups excluding carboxylic acids is 1. The number of aliphatic hydroxyl groups is 1. The van der Waals surface area contributed by atoms with E-state index in [4.69, 9.17) is 0 Å². The van der Waals surface area contributed by atoms with Crippen LogP contribution >= 0.6 is 11.3 Å². The van der Waals surface area contributed by atoms with E-state index < -0.39 is 0 Å². The summed E-state index contributed by atoms with van der Waals surface area (Å²) in [5.74, 6) is 0.0976. The van der Waals surface area contributed by atoms with Gasteiger partial charge in [0.1, 0.15) is 12.2 Å². The minimum Gasteiger partial charge on any atom is -0.393 e. The Bertz CT molecular complexity index is 848. The van der Waals surface area contributed by atoms with Gasteiger partial charge in [0.25, 0.3) is 0 Å². The summed E-state index contributed by atoms with van der Waals surface area (Å²) in [6.45, 7) is 1.58. The first-order valence-corrected chi connectivity index (χ1v) is 9.04. The van der Waals surface area contributed by atoms with E-state index >= 15 is 0 Å². The number of pyridine rings is 1. The second-order valence-corrected chi connectivity index (χ2v) is 7.08. The Hall–Kier alpha value is -2.18. The fourth-order valence-electron chi connectivity index (χ4n) is 3.24. The molecule has 0 radical (unpaired) electrons. The Morgan fingerprint density at radius 3 is 2.88 bits per heavy atom. The van der Waals surface area contributed by atoms with Crippen LogP contribution in [0, 0.1) is 0 Å². The Morgan fingerprint density at radius 1 is 1.29 bits per heavy atom. The molecule has 1 N–H and O–H groups in total. The van der Waals surface area contributed by atoms with E-state index in [2.05, 4.69) is 11.1 Å². The molecule has 0 atom stereocenters. The van der Waals surface area contributed by atoms with Gasteiger partial charge in [0.05, 0.1) is 16.5 Å². The number of hydrogen-bond acceptors (Lipinski definition) is 4. The highest BCUT2D eigenvalue weighted by Crippen LogP contribution is 2.30. The zero-order chi connectivity index (χ0) is 16.5. The molecule has 1 aliphatic heterocycles. The maximum atomic E-state index is 12.6. The van der Waals surface area contributed by atoms with Crippen LogP contribution in [0.15, 0.2) is 42.0 Å². The van der Waals surface area contributed by atoms with Gasteiger partial charge in [0, 0.05) is 30.9 Å². The van der Waals surface area contributed by atoms with Crippen LogP contribution in [0.2, 0.25) is 0 Å². The quantitative estimate of drug-likeness (QED) is 0.797. The van der Waals surface area contributed by atoms with Gasteiger partial charge in [-0.15, -0.1) is 11.3 Å². The second kappa shape index (κ2) is 6.37. The Labute approximate surface area is 144 Å². The summed E-state index contributed by atoms with van der Waals surface area (Å²) in [6.07, 6.45) is 4.84. The third kappa shape index (κ3) is 2.83. The largest absolute Gasteiger partial charge is 0.393 e. The van der Waals surface area contributed by atoms with Crippen LogP contribution in [-0.4, -0.2) is 44.7 Å². The number of fused-ring (bicyclic) bond motifs is 1. The number of hydrogen-bond donors (Lipinski definition) is 1. The predicted molar refractivity (Wildman–Crippen MR) is 94.9 cm³/mol. The van der Waals surface area contributed by atoms with E-state index in [9.17, 15) is 9.90 Å². The molecule has 4 heterocycles. The van der Waals surface area contributed by atoms with Crippen molar-refractivity contribution in [2.45, 2.75) is 25.5 Å². The molecule has 1 fully saturated rings. The normalized spacial score (nSPS) is 16.0. The van der Waals surface area contributed by atoms with E-state index in [-0.39, 0.29) is 12.0 Å². The van der Waals surface area contributed by atoms with Crippen molar-refractivity contribution >= 4 is 28.1 Å². The summed E-state index contributed by atoms with van der Waals surface area (Å²) >= 11 is 1.65. The molecule has 1 saturated heterocycles. The lowest BCUT2D eigenvalue weighted by atomic mass is 10.1. The van der Waals surface area contributed by atoms with Crippen molar-refractivity contribution in [2.75, 3.05) is 13.1 Å². The molecule has 4 rings (SSSR count). The summed E-state index contributed by atoms with van der Waals surface area (Å²) in [4.78, 5) is 20.1. The van der Waals surface area contributed by atoms with Crippen LogP contribution in [0.3, 0.4) is 0 Å². The molecule has 5 nitrogen and oxygen atoms in total. The molecule has 1 amide bonds. The van der Waals surface area contributed by atoms with Gasteiger partial charge in [-0.25, -0.2) is 0 Å². The Morgan fingerprint density at radius 2 is 2.12 bits per heavy atom. The van der Waals surface area contributed by atoms with Crippen LogP contribution in [0.4, 0.5) is 0 Å². The summed E-state index contributed by atoms with van der Waals surface area (Å²) in [5.41, 5.74) is 1.93. The number of likely N-dealkylation sites (tertiary alicyclic amines) is 1. The van der Waals surface area contributed by atoms with Crippen LogP contribution < -0.4 is 0 Å². The lowest BCUT2D eigenvalue weighted by molar-refractivity contribution is -0.133. The van der Waals surface area contributed by atoms with E-state index in [1.54, 1.807) is 11.3 Å². The molecule has 0 saturated carbocycles. The highest BCUT2D eigenvalue weighted by molar-refractivity contribution is 7.13. The first-order valence-electron chi connectivity index (χ1n) is 8.16. The average molecular weight is 341 g/mol. The summed E-state index contributed by atoms with van der Waals surface area (Å²) in [5, 5.41) is 12.7. The first-order chi connectivity index (χ1) is 11.7. The molecule has 0 aromatic carbocycles. The van der Waals surface area contributed by atoms with Crippen molar-refractivity contribution < 1.29 is 9.90 Å². The minimum absolute atomic E-state index is 0.0976. The molecule has 0 spiro atoms. The highest BCUT2D eigenvalue weighted by atomic mass is 32.1. The van der Waals surface area contributed by atoms with Crippen LogP contribution in [0.1, 0.15) is 12.8 Å². The molecule has 1 aliphatic rings. The fourth-order valence-corrected chi connectivity index (χ4v) is 3.96. The van der Waals surface area contributed by atoms with Gasteiger partial charge in [-0.1, -0.05) is 6.07 Å². The molecule has 6 heteroatoms. The van der Waals surface area contributed by atoms with Crippen LogP contribution in [0.25, 0.3) is 21.5 Å². The zero-order valence-corrected chi connectivity index (χ0v) is 14.1. The van der Waals surface area contributed by atoms with Gasteiger partial charge >= 0.3 is 0 Å². The molecule has 24 heavy (non-hydrogen) atoms. The van der Waals surface area contributed by atoms with Gasteiger partial charge in [-0.2, -0.15) is 0 Å². The molecular formula is C18H19N3O2S. The third-order valence-electron chi connectivity index (χ3n) is 4.55. The smallest absolute Gasteiger partial charge is 0.242 e. The topological polar surface area (TPSA) is 58.4 Å². The van der Waals surface area contributed by atoms with Gasteiger partial charge in [-0.05, 0) is 36.4 Å². The maximum absolute atomic E-state index is 12.6. The Kier molecular flexibility index (Phi) is 4.08. The Balaban J connectivity index is 1.64. The van der Waals surface area contributed by atoms with E-state index in [0.29, 0.717) is 32.5 Å². The number of piperidine rings is 1. The molecule has 0 bridgehead atoms. The molecule has 3 aromatic rings. The van der Waals surface area contributed by atoms with E-state index in [0.717, 1.165) is 21.5 Å². The molecular weight excluding hydrogens is 322 g/mol. The van der Waals surface area contributed by atoms with E-state index in [1.165, 1.54) is 0 Å². The van der Waals surface area contributed by atoms with Gasteiger partial charge in [0.2, 0.25) is 5.91 Å². The highest BCUT2D eigenvalue weighted by Gasteiger charge is 2.22. The SMILES string of the molecule is O=C(Cn1ccc2ccnc(-c3cccs3)c21)N1CCC(O)CC1. The van der Waals surface area contributed by atoms with Crippen molar-refractivity contribution in [2.24, 2.45) is 0 Å². The third-order valence-corrected chi connectivity index (χ3v) is 5.43. The number of amides is 1. The lowest BCUT2D eigenvalue weighted by Crippen LogP contribution is -2.41. The number of nitrogens with zero attached hydrogens (tertiary/aromatic N) is 3. The van der Waals surface area contributed by atoms with Crippen molar-refractivity contribution in [3.8, 4) is 10.6 Å².